The van der Waals surface area contributed by atoms with Gasteiger partial charge in [-0.25, -0.2) is 4.98 Å². The van der Waals surface area contributed by atoms with Crippen molar-refractivity contribution in [2.45, 2.75) is 30.6 Å². The number of amides is 1. The summed E-state index contributed by atoms with van der Waals surface area (Å²) in [7, 11) is 0. The third-order valence-corrected chi connectivity index (χ3v) is 5.76. The van der Waals surface area contributed by atoms with Gasteiger partial charge in [0, 0.05) is 17.9 Å². The maximum absolute atomic E-state index is 12.9. The lowest BCUT2D eigenvalue weighted by Crippen LogP contribution is -2.23. The highest BCUT2D eigenvalue weighted by atomic mass is 32.2. The van der Waals surface area contributed by atoms with Gasteiger partial charge in [-0.1, -0.05) is 48.2 Å². The number of fused-ring (bicyclic) bond motifs is 1. The number of thioether (sulfide) groups is 1. The Morgan fingerprint density at radius 1 is 1.03 bits per heavy atom. The van der Waals surface area contributed by atoms with Crippen LogP contribution in [0.15, 0.2) is 76.4 Å². The van der Waals surface area contributed by atoms with Crippen molar-refractivity contribution in [1.29, 1.82) is 0 Å². The molecule has 0 aliphatic rings. The average Bonchev–Trinajstić information content (AvgIpc) is 3.20. The number of benzene rings is 3. The molecule has 4 aromatic rings. The number of hydrogen-bond acceptors (Lipinski definition) is 4. The molecule has 0 fully saturated rings. The number of aromatic nitrogens is 1. The van der Waals surface area contributed by atoms with Crippen LogP contribution in [0.1, 0.15) is 32.6 Å². The Balaban J connectivity index is 1.39. The minimum Gasteiger partial charge on any atom is -0.431 e. The Morgan fingerprint density at radius 3 is 2.56 bits per heavy atom. The van der Waals surface area contributed by atoms with Gasteiger partial charge in [0.25, 0.3) is 11.1 Å². The Labute approximate surface area is 186 Å². The highest BCUT2D eigenvalue weighted by Gasteiger charge is 2.30. The number of aryl methyl sites for hydroxylation is 1. The van der Waals surface area contributed by atoms with Crippen LogP contribution in [0, 0.1) is 6.92 Å². The van der Waals surface area contributed by atoms with Crippen LogP contribution >= 0.6 is 11.8 Å². The first-order valence-electron chi connectivity index (χ1n) is 9.82. The molecule has 0 unspecified atom stereocenters. The van der Waals surface area contributed by atoms with E-state index in [-0.39, 0.29) is 12.5 Å². The van der Waals surface area contributed by atoms with Crippen molar-refractivity contribution in [3.05, 3.63) is 94.5 Å². The number of nitrogens with one attached hydrogen (secondary N) is 1. The first kappa shape index (κ1) is 22.0. The largest absolute Gasteiger partial charge is 0.431 e. The second kappa shape index (κ2) is 9.08. The van der Waals surface area contributed by atoms with E-state index in [1.54, 1.807) is 24.3 Å². The number of halogens is 3. The molecule has 0 aliphatic heterocycles. The van der Waals surface area contributed by atoms with E-state index in [0.29, 0.717) is 22.1 Å². The summed E-state index contributed by atoms with van der Waals surface area (Å²) in [4.78, 5) is 17.0. The number of oxazole rings is 1. The zero-order chi connectivity index (χ0) is 22.7. The topological polar surface area (TPSA) is 55.1 Å². The summed E-state index contributed by atoms with van der Waals surface area (Å²) in [5.41, 5.74) is 3.58. The molecule has 0 bridgehead atoms. The molecule has 4 nitrogen and oxygen atoms in total. The van der Waals surface area contributed by atoms with Gasteiger partial charge in [0.2, 0.25) is 0 Å². The first-order chi connectivity index (χ1) is 15.3. The zero-order valence-electron chi connectivity index (χ0n) is 17.1. The van der Waals surface area contributed by atoms with Crippen LogP contribution in [0.4, 0.5) is 13.2 Å². The number of nitrogens with zero attached hydrogens (tertiary/aromatic N) is 1. The van der Waals surface area contributed by atoms with Gasteiger partial charge in [-0.2, -0.15) is 13.2 Å². The van der Waals surface area contributed by atoms with Crippen LogP contribution in [-0.4, -0.2) is 10.9 Å². The molecule has 0 saturated carbocycles. The van der Waals surface area contributed by atoms with Gasteiger partial charge in [-0.15, -0.1) is 0 Å². The molecule has 0 radical (unpaired) electrons. The van der Waals surface area contributed by atoms with E-state index in [1.807, 2.05) is 31.2 Å². The summed E-state index contributed by atoms with van der Waals surface area (Å²) in [5.74, 6) is 0.201. The Hall–Kier alpha value is -3.26. The van der Waals surface area contributed by atoms with Crippen LogP contribution in [0.25, 0.3) is 11.1 Å². The van der Waals surface area contributed by atoms with Crippen molar-refractivity contribution in [2.75, 3.05) is 0 Å². The standard InChI is InChI=1S/C24H19F3N2O2S/c1-15-5-2-10-20-21(15)29-23(31-20)32-14-17-7-3-8-18(11-17)22(30)28-13-16-6-4-9-19(12-16)24(25,26)27/h2-12H,13-14H2,1H3,(H,28,30). The van der Waals surface area contributed by atoms with Crippen molar-refractivity contribution < 1.29 is 22.4 Å². The minimum atomic E-state index is -4.42. The molecule has 32 heavy (non-hydrogen) atoms. The number of para-hydroxylation sites is 1. The van der Waals surface area contributed by atoms with Crippen LogP contribution < -0.4 is 5.32 Å². The van der Waals surface area contributed by atoms with Gasteiger partial charge in [0.1, 0.15) is 5.52 Å². The van der Waals surface area contributed by atoms with Crippen LogP contribution in [0.2, 0.25) is 0 Å². The van der Waals surface area contributed by atoms with E-state index in [1.165, 1.54) is 17.8 Å². The Morgan fingerprint density at radius 2 is 1.78 bits per heavy atom. The van der Waals surface area contributed by atoms with Gasteiger partial charge in [0.15, 0.2) is 5.58 Å². The summed E-state index contributed by atoms with van der Waals surface area (Å²) >= 11 is 1.43. The van der Waals surface area contributed by atoms with E-state index < -0.39 is 11.7 Å². The SMILES string of the molecule is Cc1cccc2oc(SCc3cccc(C(=O)NCc4cccc(C(F)(F)F)c4)c3)nc12. The number of carbonyl (C=O) groups excluding carboxylic acids is 1. The molecule has 0 atom stereocenters. The van der Waals surface area contributed by atoms with E-state index in [4.69, 9.17) is 4.42 Å². The summed E-state index contributed by atoms with van der Waals surface area (Å²) in [5, 5.41) is 3.22. The van der Waals surface area contributed by atoms with Gasteiger partial charge in [-0.3, -0.25) is 4.79 Å². The number of rotatable bonds is 6. The highest BCUT2D eigenvalue weighted by Crippen LogP contribution is 2.30. The van der Waals surface area contributed by atoms with Crippen LogP contribution in [0.5, 0.6) is 0 Å². The molecule has 4 rings (SSSR count). The maximum atomic E-state index is 12.9. The molecular weight excluding hydrogens is 437 g/mol. The van der Waals surface area contributed by atoms with Gasteiger partial charge in [0.05, 0.1) is 5.56 Å². The third-order valence-electron chi connectivity index (χ3n) is 4.86. The lowest BCUT2D eigenvalue weighted by Gasteiger charge is -2.10. The van der Waals surface area contributed by atoms with Gasteiger partial charge in [-0.05, 0) is 53.9 Å². The summed E-state index contributed by atoms with van der Waals surface area (Å²) in [6, 6.07) is 17.8. The van der Waals surface area contributed by atoms with Crippen molar-refractivity contribution in [2.24, 2.45) is 0 Å². The second-order valence-electron chi connectivity index (χ2n) is 7.27. The van der Waals surface area contributed by atoms with E-state index >= 15 is 0 Å². The van der Waals surface area contributed by atoms with Crippen LogP contribution in [0.3, 0.4) is 0 Å². The summed E-state index contributed by atoms with van der Waals surface area (Å²) < 4.78 is 44.3. The molecule has 0 saturated heterocycles. The Bertz CT molecular complexity index is 1270. The molecule has 1 heterocycles. The van der Waals surface area contributed by atoms with Crippen molar-refractivity contribution in [3.8, 4) is 0 Å². The lowest BCUT2D eigenvalue weighted by atomic mass is 10.1. The molecule has 3 aromatic carbocycles. The normalized spacial score (nSPS) is 11.6. The fraction of sp³-hybridized carbons (Fsp3) is 0.167. The molecule has 8 heteroatoms. The molecular formula is C24H19F3N2O2S. The molecule has 0 aliphatic carbocycles. The highest BCUT2D eigenvalue weighted by molar-refractivity contribution is 7.98. The molecule has 1 aromatic heterocycles. The zero-order valence-corrected chi connectivity index (χ0v) is 17.9. The monoisotopic (exact) mass is 456 g/mol. The summed E-state index contributed by atoms with van der Waals surface area (Å²) in [6.07, 6.45) is -4.42. The molecule has 1 N–H and O–H groups in total. The minimum absolute atomic E-state index is 0.00395. The van der Waals surface area contributed by atoms with E-state index in [0.717, 1.165) is 34.4 Å². The lowest BCUT2D eigenvalue weighted by molar-refractivity contribution is -0.137. The van der Waals surface area contributed by atoms with Crippen molar-refractivity contribution in [1.82, 2.24) is 10.3 Å². The van der Waals surface area contributed by atoms with Gasteiger partial charge < -0.3 is 9.73 Å². The van der Waals surface area contributed by atoms with E-state index in [9.17, 15) is 18.0 Å². The van der Waals surface area contributed by atoms with Crippen LogP contribution in [-0.2, 0) is 18.5 Å². The molecule has 164 valence electrons. The first-order valence-corrected chi connectivity index (χ1v) is 10.8. The number of carbonyl (C=O) groups is 1. The Kier molecular flexibility index (Phi) is 6.23. The van der Waals surface area contributed by atoms with Gasteiger partial charge >= 0.3 is 6.18 Å². The quantitative estimate of drug-likeness (QED) is 0.342. The number of alkyl halides is 3. The van der Waals surface area contributed by atoms with Crippen molar-refractivity contribution >= 4 is 28.8 Å². The number of hydrogen-bond donors (Lipinski definition) is 1. The predicted octanol–water partition coefficient (Wildman–Crippen LogP) is 6.38. The maximum Gasteiger partial charge on any atom is 0.416 e. The van der Waals surface area contributed by atoms with Crippen molar-refractivity contribution in [3.63, 3.8) is 0 Å². The fourth-order valence-corrected chi connectivity index (χ4v) is 3.99. The smallest absolute Gasteiger partial charge is 0.416 e. The van der Waals surface area contributed by atoms with E-state index in [2.05, 4.69) is 10.3 Å². The summed E-state index contributed by atoms with van der Waals surface area (Å²) in [6.45, 7) is 1.98. The second-order valence-corrected chi connectivity index (χ2v) is 8.20. The third kappa shape index (κ3) is 5.13. The fourth-order valence-electron chi connectivity index (χ4n) is 3.22. The average molecular weight is 456 g/mol. The molecule has 1 amide bonds. The molecule has 0 spiro atoms. The predicted molar refractivity (Wildman–Crippen MR) is 117 cm³/mol.